The number of amides is 2. The van der Waals surface area contributed by atoms with E-state index in [1.807, 2.05) is 6.92 Å². The highest BCUT2D eigenvalue weighted by atomic mass is 32.2. The Morgan fingerprint density at radius 3 is 2.50 bits per heavy atom. The van der Waals surface area contributed by atoms with E-state index in [1.54, 1.807) is 11.8 Å². The van der Waals surface area contributed by atoms with Gasteiger partial charge < -0.3 is 14.9 Å². The van der Waals surface area contributed by atoms with Gasteiger partial charge in [0, 0.05) is 35.0 Å². The molecular weight excluding hydrogens is 448 g/mol. The molecule has 166 valence electrons. The number of fused-ring (bicyclic) bond motifs is 9. The van der Waals surface area contributed by atoms with Crippen molar-refractivity contribution in [1.29, 1.82) is 0 Å². The van der Waals surface area contributed by atoms with Crippen LogP contribution in [0.2, 0.25) is 0 Å². The fourth-order valence-corrected chi connectivity index (χ4v) is 9.54. The molecule has 7 unspecified atom stereocenters. The molecule has 6 rings (SSSR count). The van der Waals surface area contributed by atoms with E-state index in [-0.39, 0.29) is 70.4 Å². The number of thioether (sulfide) groups is 1. The second-order valence-corrected chi connectivity index (χ2v) is 11.5. The Morgan fingerprint density at radius 2 is 1.81 bits per heavy atom. The fraction of sp³-hybridized carbons (Fsp3) is 0.478. The molecule has 2 aromatic rings. The van der Waals surface area contributed by atoms with Gasteiger partial charge in [-0.05, 0) is 36.7 Å². The third kappa shape index (κ3) is 2.73. The predicted molar refractivity (Wildman–Crippen MR) is 116 cm³/mol. The van der Waals surface area contributed by atoms with Gasteiger partial charge in [-0.15, -0.1) is 11.8 Å². The molecule has 1 aromatic heterocycles. The number of aliphatic carboxylic acids is 1. The maximum atomic E-state index is 13.2. The largest absolute Gasteiger partial charge is 0.550 e. The molecule has 2 saturated carbocycles. The van der Waals surface area contributed by atoms with E-state index in [4.69, 9.17) is 0 Å². The Kier molecular flexibility index (Phi) is 4.46. The first-order chi connectivity index (χ1) is 15.3. The van der Waals surface area contributed by atoms with E-state index in [9.17, 15) is 24.3 Å². The second kappa shape index (κ2) is 7.05. The molecule has 4 aliphatic rings. The van der Waals surface area contributed by atoms with Gasteiger partial charge in [0.05, 0.1) is 16.9 Å². The van der Waals surface area contributed by atoms with Crippen LogP contribution >= 0.6 is 23.1 Å². The number of hydrogen-bond acceptors (Lipinski definition) is 7. The van der Waals surface area contributed by atoms with E-state index in [2.05, 4.69) is 29.2 Å². The van der Waals surface area contributed by atoms with Crippen molar-refractivity contribution in [3.05, 3.63) is 49.9 Å². The lowest BCUT2D eigenvalue weighted by Crippen LogP contribution is -2.42. The summed E-state index contributed by atoms with van der Waals surface area (Å²) in [5, 5.41) is 12.0. The lowest BCUT2D eigenvalue weighted by Gasteiger charge is -2.43. The minimum atomic E-state index is -1.26. The lowest BCUT2D eigenvalue weighted by atomic mass is 9.68. The summed E-state index contributed by atoms with van der Waals surface area (Å²) in [6.07, 6.45) is 0.489. The maximum Gasteiger partial charge on any atom is 0.305 e. The quantitative estimate of drug-likeness (QED) is 0.677. The van der Waals surface area contributed by atoms with Crippen LogP contribution in [0, 0.1) is 36.5 Å². The van der Waals surface area contributed by atoms with Crippen LogP contribution in [0.3, 0.4) is 0 Å². The van der Waals surface area contributed by atoms with E-state index < -0.39 is 5.97 Å². The zero-order valence-corrected chi connectivity index (χ0v) is 18.9. The topological polar surface area (TPSA) is 110 Å². The summed E-state index contributed by atoms with van der Waals surface area (Å²) >= 11 is 2.90. The molecule has 1 aromatic carbocycles. The molecular formula is C23H21N2O5S2-. The molecule has 0 spiro atoms. The van der Waals surface area contributed by atoms with Gasteiger partial charge in [0.15, 0.2) is 0 Å². The first-order valence-electron chi connectivity index (χ1n) is 10.9. The SMILES string of the molecule is Cc1ccc(C2c3sc(=O)[nH]c3SC3C4CC(C5C(=O)N(CCC(=O)[O-])C(=O)C45)C23)cc1. The number of carboxylic acid groups (broad SMARTS) is 1. The van der Waals surface area contributed by atoms with Crippen LogP contribution in [0.5, 0.6) is 0 Å². The van der Waals surface area contributed by atoms with Crippen LogP contribution in [-0.4, -0.2) is 39.5 Å². The van der Waals surface area contributed by atoms with Gasteiger partial charge in [0.2, 0.25) is 11.8 Å². The Bertz CT molecular complexity index is 1200. The second-order valence-electron chi connectivity index (χ2n) is 9.32. The number of benzene rings is 1. The van der Waals surface area contributed by atoms with E-state index in [0.29, 0.717) is 0 Å². The standard InChI is InChI=1S/C23H22N2O5S2/c1-9-2-4-10(5-3-9)14-15-11-8-12(18(15)31-20-19(14)32-23(30)24-20)17-16(11)21(28)25(22(17)29)7-6-13(26)27/h2-5,11-12,14-18H,6-8H2,1H3,(H,24,30)(H,26,27)/p-1. The number of aryl methyl sites for hydroxylation is 1. The molecule has 0 radical (unpaired) electrons. The Labute approximate surface area is 192 Å². The molecule has 3 heterocycles. The van der Waals surface area contributed by atoms with Gasteiger partial charge in [-0.25, -0.2) is 0 Å². The number of H-pyrrole nitrogens is 1. The number of carboxylic acids is 1. The summed E-state index contributed by atoms with van der Waals surface area (Å²) in [6.45, 7) is 1.92. The van der Waals surface area contributed by atoms with Crippen molar-refractivity contribution in [2.75, 3.05) is 6.54 Å². The third-order valence-electron chi connectivity index (χ3n) is 7.79. The van der Waals surface area contributed by atoms with Crippen LogP contribution < -0.4 is 9.98 Å². The van der Waals surface area contributed by atoms with Gasteiger partial charge in [-0.2, -0.15) is 0 Å². The molecule has 2 amide bonds. The molecule has 9 heteroatoms. The zero-order chi connectivity index (χ0) is 22.3. The molecule has 32 heavy (non-hydrogen) atoms. The van der Waals surface area contributed by atoms with Crippen molar-refractivity contribution in [3.63, 3.8) is 0 Å². The van der Waals surface area contributed by atoms with Crippen molar-refractivity contribution in [3.8, 4) is 0 Å². The maximum absolute atomic E-state index is 13.2. The first-order valence-corrected chi connectivity index (χ1v) is 12.6. The van der Waals surface area contributed by atoms with E-state index in [0.717, 1.165) is 32.4 Å². The summed E-state index contributed by atoms with van der Waals surface area (Å²) in [7, 11) is 0. The van der Waals surface area contributed by atoms with Gasteiger partial charge in [-0.1, -0.05) is 41.2 Å². The fourth-order valence-electron chi connectivity index (χ4n) is 6.65. The van der Waals surface area contributed by atoms with E-state index in [1.165, 1.54) is 11.3 Å². The number of imide groups is 1. The number of carbonyl (C=O) groups is 3. The Morgan fingerprint density at radius 1 is 1.12 bits per heavy atom. The monoisotopic (exact) mass is 469 g/mol. The predicted octanol–water partition coefficient (Wildman–Crippen LogP) is 1.36. The first kappa shape index (κ1) is 20.2. The molecule has 2 aliphatic carbocycles. The summed E-state index contributed by atoms with van der Waals surface area (Å²) in [4.78, 5) is 54.6. The number of nitrogens with one attached hydrogen (secondary N) is 1. The normalized spacial score (nSPS) is 34.5. The number of aromatic nitrogens is 1. The third-order valence-corrected chi connectivity index (χ3v) is 10.4. The van der Waals surface area contributed by atoms with Crippen LogP contribution in [0.4, 0.5) is 0 Å². The molecule has 3 fully saturated rings. The molecule has 7 atom stereocenters. The highest BCUT2D eigenvalue weighted by Crippen LogP contribution is 2.68. The number of rotatable bonds is 4. The van der Waals surface area contributed by atoms with Crippen molar-refractivity contribution in [1.82, 2.24) is 9.88 Å². The average Bonchev–Trinajstić information content (AvgIpc) is 3.47. The lowest BCUT2D eigenvalue weighted by molar-refractivity contribution is -0.305. The van der Waals surface area contributed by atoms with Crippen molar-refractivity contribution in [2.24, 2.45) is 29.6 Å². The zero-order valence-electron chi connectivity index (χ0n) is 17.3. The molecule has 2 bridgehead atoms. The number of likely N-dealkylation sites (tertiary alicyclic amines) is 1. The number of nitrogens with zero attached hydrogens (tertiary/aromatic N) is 1. The van der Waals surface area contributed by atoms with Gasteiger partial charge in [-0.3, -0.25) is 19.3 Å². The number of hydrogen-bond donors (Lipinski definition) is 1. The van der Waals surface area contributed by atoms with Gasteiger partial charge in [0.1, 0.15) is 0 Å². The number of aromatic amines is 1. The van der Waals surface area contributed by atoms with Crippen LogP contribution in [0.1, 0.15) is 34.8 Å². The van der Waals surface area contributed by atoms with Gasteiger partial charge in [0.25, 0.3) is 0 Å². The molecule has 1 saturated heterocycles. The summed E-state index contributed by atoms with van der Waals surface area (Å²) in [5.74, 6) is -2.23. The van der Waals surface area contributed by atoms with Gasteiger partial charge >= 0.3 is 4.87 Å². The van der Waals surface area contributed by atoms with Crippen LogP contribution in [0.25, 0.3) is 0 Å². The van der Waals surface area contributed by atoms with E-state index >= 15 is 0 Å². The highest BCUT2D eigenvalue weighted by molar-refractivity contribution is 8.00. The smallest absolute Gasteiger partial charge is 0.305 e. The Balaban J connectivity index is 1.41. The number of thiazole rings is 1. The summed E-state index contributed by atoms with van der Waals surface area (Å²) in [5.41, 5.74) is 2.29. The molecule has 1 N–H and O–H groups in total. The highest BCUT2D eigenvalue weighted by Gasteiger charge is 2.69. The summed E-state index contributed by atoms with van der Waals surface area (Å²) < 4.78 is 0. The summed E-state index contributed by atoms with van der Waals surface area (Å²) in [6, 6.07) is 8.36. The minimum Gasteiger partial charge on any atom is -0.550 e. The van der Waals surface area contributed by atoms with Crippen LogP contribution in [-0.2, 0) is 14.4 Å². The van der Waals surface area contributed by atoms with Crippen LogP contribution in [0.15, 0.2) is 34.1 Å². The molecule has 2 aliphatic heterocycles. The number of carbonyl (C=O) groups excluding carboxylic acids is 3. The van der Waals surface area contributed by atoms with Crippen molar-refractivity contribution >= 4 is 40.9 Å². The average molecular weight is 470 g/mol. The minimum absolute atomic E-state index is 0.0110. The Hall–Kier alpha value is -2.39. The van der Waals surface area contributed by atoms with Crippen molar-refractivity contribution < 1.29 is 19.5 Å². The molecule has 7 nitrogen and oxygen atoms in total. The van der Waals surface area contributed by atoms with Crippen molar-refractivity contribution in [2.45, 2.75) is 36.0 Å².